The van der Waals surface area contributed by atoms with Gasteiger partial charge < -0.3 is 5.11 Å². The molecule has 0 bridgehead atoms. The summed E-state index contributed by atoms with van der Waals surface area (Å²) in [5, 5.41) is 9.37. The van der Waals surface area contributed by atoms with Gasteiger partial charge in [0.1, 0.15) is 5.75 Å². The van der Waals surface area contributed by atoms with E-state index in [1.165, 1.54) is 16.0 Å². The summed E-state index contributed by atoms with van der Waals surface area (Å²) in [5.74, 6) is 1.43. The molecule has 0 saturated heterocycles. The number of benzene rings is 2. The summed E-state index contributed by atoms with van der Waals surface area (Å²) in [4.78, 5) is 1.34. The Hall–Kier alpha value is -1.41. The maximum Gasteiger partial charge on any atom is 0.115 e. The lowest BCUT2D eigenvalue weighted by atomic mass is 10.1. The summed E-state index contributed by atoms with van der Waals surface area (Å²) in [6, 6.07) is 16.2. The Morgan fingerprint density at radius 3 is 2.17 bits per heavy atom. The molecule has 0 unspecified atom stereocenters. The minimum absolute atomic E-state index is 0.338. The Labute approximate surface area is 111 Å². The van der Waals surface area contributed by atoms with Crippen molar-refractivity contribution in [3.63, 3.8) is 0 Å². The molecule has 0 radical (unpaired) electrons. The van der Waals surface area contributed by atoms with Crippen molar-refractivity contribution in [2.75, 3.05) is 12.5 Å². The van der Waals surface area contributed by atoms with Crippen LogP contribution in [0, 0.1) is 6.92 Å². The molecular formula is C16H20OS. The minimum Gasteiger partial charge on any atom is -0.508 e. The van der Waals surface area contributed by atoms with Crippen molar-refractivity contribution in [2.45, 2.75) is 17.6 Å². The van der Waals surface area contributed by atoms with E-state index in [-0.39, 0.29) is 0 Å². The second-order valence-electron chi connectivity index (χ2n) is 5.10. The van der Waals surface area contributed by atoms with Crippen LogP contribution in [-0.4, -0.2) is 17.6 Å². The third kappa shape index (κ3) is 2.88. The van der Waals surface area contributed by atoms with Crippen molar-refractivity contribution < 1.29 is 5.11 Å². The van der Waals surface area contributed by atoms with E-state index in [0.29, 0.717) is 5.75 Å². The van der Waals surface area contributed by atoms with Crippen molar-refractivity contribution in [3.05, 3.63) is 59.7 Å². The zero-order valence-electron chi connectivity index (χ0n) is 11.2. The van der Waals surface area contributed by atoms with Gasteiger partial charge in [0.2, 0.25) is 0 Å². The lowest BCUT2D eigenvalue weighted by molar-refractivity contribution is 0.475. The van der Waals surface area contributed by atoms with Gasteiger partial charge in [0.25, 0.3) is 0 Å². The van der Waals surface area contributed by atoms with Crippen molar-refractivity contribution in [1.29, 1.82) is 0 Å². The van der Waals surface area contributed by atoms with Gasteiger partial charge in [-0.3, -0.25) is 0 Å². The molecule has 2 aromatic rings. The molecule has 0 fully saturated rings. The Balaban J connectivity index is 2.27. The van der Waals surface area contributed by atoms with E-state index in [4.69, 9.17) is 0 Å². The zero-order valence-corrected chi connectivity index (χ0v) is 12.0. The van der Waals surface area contributed by atoms with Crippen LogP contribution in [-0.2, 0) is 5.75 Å². The van der Waals surface area contributed by atoms with Gasteiger partial charge in [-0.15, -0.1) is 0 Å². The van der Waals surface area contributed by atoms with Gasteiger partial charge in [0.05, 0.1) is 0 Å². The zero-order chi connectivity index (χ0) is 13.2. The van der Waals surface area contributed by atoms with Crippen LogP contribution in [0.2, 0.25) is 0 Å². The van der Waals surface area contributed by atoms with Gasteiger partial charge in [-0.05, 0) is 59.7 Å². The first kappa shape index (κ1) is 13.0. The van der Waals surface area contributed by atoms with Crippen LogP contribution in [0.15, 0.2) is 53.4 Å². The molecule has 96 valence electrons. The van der Waals surface area contributed by atoms with Crippen molar-refractivity contribution in [3.8, 4) is 5.75 Å². The monoisotopic (exact) mass is 260 g/mol. The van der Waals surface area contributed by atoms with Crippen LogP contribution in [0.4, 0.5) is 0 Å². The van der Waals surface area contributed by atoms with Crippen LogP contribution in [0.1, 0.15) is 11.1 Å². The summed E-state index contributed by atoms with van der Waals surface area (Å²) in [5.41, 5.74) is 2.78. The number of phenolic OH excluding ortho intramolecular Hbond substituents is 1. The third-order valence-corrected chi connectivity index (χ3v) is 5.83. The summed E-state index contributed by atoms with van der Waals surface area (Å²) >= 11 is 0. The second-order valence-corrected chi connectivity index (χ2v) is 8.94. The molecule has 0 aromatic heterocycles. The van der Waals surface area contributed by atoms with E-state index in [1.54, 1.807) is 12.1 Å². The molecule has 2 rings (SSSR count). The van der Waals surface area contributed by atoms with Crippen LogP contribution in [0.25, 0.3) is 0 Å². The molecule has 0 amide bonds. The molecule has 0 spiro atoms. The predicted molar refractivity (Wildman–Crippen MR) is 80.7 cm³/mol. The molecule has 0 aliphatic rings. The summed E-state index contributed by atoms with van der Waals surface area (Å²) in [6.07, 6.45) is 4.65. The first-order chi connectivity index (χ1) is 8.49. The van der Waals surface area contributed by atoms with Crippen LogP contribution < -0.4 is 0 Å². The third-order valence-electron chi connectivity index (χ3n) is 3.25. The molecule has 0 aliphatic carbocycles. The number of hydrogen-bond acceptors (Lipinski definition) is 1. The largest absolute Gasteiger partial charge is 0.508 e. The SMILES string of the molecule is Cc1ccccc1CS(C)(C)c1ccc(O)cc1. The highest BCUT2D eigenvalue weighted by molar-refractivity contribution is 8.32. The average Bonchev–Trinajstić information content (AvgIpc) is 2.32. The fourth-order valence-electron chi connectivity index (χ4n) is 2.06. The maximum absolute atomic E-state index is 9.37. The maximum atomic E-state index is 9.37. The fraction of sp³-hybridized carbons (Fsp3) is 0.250. The van der Waals surface area contributed by atoms with Crippen LogP contribution in [0.3, 0.4) is 0 Å². The summed E-state index contributed by atoms with van der Waals surface area (Å²) < 4.78 is 0. The van der Waals surface area contributed by atoms with Crippen molar-refractivity contribution >= 4 is 10.0 Å². The van der Waals surface area contributed by atoms with E-state index in [9.17, 15) is 5.11 Å². The number of phenols is 1. The van der Waals surface area contributed by atoms with E-state index < -0.39 is 10.0 Å². The molecular weight excluding hydrogens is 240 g/mol. The van der Waals surface area contributed by atoms with Gasteiger partial charge >= 0.3 is 0 Å². The van der Waals surface area contributed by atoms with E-state index in [2.05, 4.69) is 43.7 Å². The highest BCUT2D eigenvalue weighted by Gasteiger charge is 2.16. The Morgan fingerprint density at radius 2 is 1.56 bits per heavy atom. The standard InChI is InChI=1S/C16H20OS/c1-13-6-4-5-7-14(13)12-18(2,3)16-10-8-15(17)9-11-16/h4-11,17H,12H2,1-3H3. The highest BCUT2D eigenvalue weighted by Crippen LogP contribution is 2.52. The second kappa shape index (κ2) is 5.07. The Bertz CT molecular complexity index is 529. The number of hydrogen-bond donors (Lipinski definition) is 1. The van der Waals surface area contributed by atoms with E-state index in [1.807, 2.05) is 12.1 Å². The van der Waals surface area contributed by atoms with Gasteiger partial charge in [0, 0.05) is 5.75 Å². The molecule has 18 heavy (non-hydrogen) atoms. The number of rotatable bonds is 3. The quantitative estimate of drug-likeness (QED) is 0.871. The molecule has 0 atom stereocenters. The van der Waals surface area contributed by atoms with Gasteiger partial charge in [-0.25, -0.2) is 10.0 Å². The lowest BCUT2D eigenvalue weighted by Crippen LogP contribution is -2.01. The smallest absolute Gasteiger partial charge is 0.115 e. The molecule has 1 nitrogen and oxygen atoms in total. The molecule has 0 heterocycles. The van der Waals surface area contributed by atoms with Crippen molar-refractivity contribution in [1.82, 2.24) is 0 Å². The molecule has 0 saturated carbocycles. The first-order valence-electron chi connectivity index (χ1n) is 6.04. The van der Waals surface area contributed by atoms with Crippen LogP contribution >= 0.6 is 10.0 Å². The first-order valence-corrected chi connectivity index (χ1v) is 8.65. The lowest BCUT2D eigenvalue weighted by Gasteiger charge is -2.32. The van der Waals surface area contributed by atoms with Gasteiger partial charge in [-0.2, -0.15) is 0 Å². The summed E-state index contributed by atoms with van der Waals surface area (Å²) in [6.45, 7) is 2.17. The predicted octanol–water partition coefficient (Wildman–Crippen LogP) is 4.32. The normalized spacial score (nSPS) is 12.4. The molecule has 1 N–H and O–H groups in total. The number of aryl methyl sites for hydroxylation is 1. The fourth-order valence-corrected chi connectivity index (χ4v) is 4.20. The van der Waals surface area contributed by atoms with Gasteiger partial charge in [-0.1, -0.05) is 24.3 Å². The Kier molecular flexibility index (Phi) is 3.67. The van der Waals surface area contributed by atoms with E-state index >= 15 is 0 Å². The van der Waals surface area contributed by atoms with Crippen molar-refractivity contribution in [2.24, 2.45) is 0 Å². The Morgan fingerprint density at radius 1 is 0.944 bits per heavy atom. The summed E-state index contributed by atoms with van der Waals surface area (Å²) in [7, 11) is -0.864. The number of aromatic hydroxyl groups is 1. The van der Waals surface area contributed by atoms with Gasteiger partial charge in [0.15, 0.2) is 0 Å². The molecule has 0 aliphatic heterocycles. The highest BCUT2D eigenvalue weighted by atomic mass is 32.3. The average molecular weight is 260 g/mol. The van der Waals surface area contributed by atoms with E-state index in [0.717, 1.165) is 5.75 Å². The minimum atomic E-state index is -0.864. The molecule has 2 heteroatoms. The topological polar surface area (TPSA) is 20.2 Å². The van der Waals surface area contributed by atoms with Crippen LogP contribution in [0.5, 0.6) is 5.75 Å². The molecule has 2 aromatic carbocycles.